The molecule has 4 rings (SSSR count). The summed E-state index contributed by atoms with van der Waals surface area (Å²) in [6, 6.07) is 12.0. The highest BCUT2D eigenvalue weighted by molar-refractivity contribution is 5.34. The highest BCUT2D eigenvalue weighted by atomic mass is 16.3. The lowest BCUT2D eigenvalue weighted by atomic mass is 9.92. The summed E-state index contributed by atoms with van der Waals surface area (Å²) in [5.41, 5.74) is 4.42. The largest absolute Gasteiger partial charge is 0.469 e. The predicted molar refractivity (Wildman–Crippen MR) is 75.2 cm³/mol. The molecule has 1 aromatic carbocycles. The second kappa shape index (κ2) is 4.53. The molecule has 0 fully saturated rings. The molecule has 1 heterocycles. The number of rotatable bonds is 2. The van der Waals surface area contributed by atoms with Crippen LogP contribution < -0.4 is 5.32 Å². The van der Waals surface area contributed by atoms with Gasteiger partial charge in [-0.2, -0.15) is 0 Å². The summed E-state index contributed by atoms with van der Waals surface area (Å²) in [4.78, 5) is 0. The zero-order chi connectivity index (χ0) is 12.7. The minimum absolute atomic E-state index is 0.488. The van der Waals surface area contributed by atoms with E-state index in [0.717, 1.165) is 6.42 Å². The summed E-state index contributed by atoms with van der Waals surface area (Å²) in [5, 5.41) is 3.85. The molecule has 0 saturated carbocycles. The van der Waals surface area contributed by atoms with E-state index < -0.39 is 0 Å². The Morgan fingerprint density at radius 1 is 1.05 bits per heavy atom. The maximum Gasteiger partial charge on any atom is 0.108 e. The number of fused-ring (bicyclic) bond motifs is 2. The fraction of sp³-hybridized carbons (Fsp3) is 0.412. The molecule has 2 aliphatic carbocycles. The molecule has 0 radical (unpaired) electrons. The maximum absolute atomic E-state index is 5.57. The highest BCUT2D eigenvalue weighted by Gasteiger charge is 2.27. The van der Waals surface area contributed by atoms with Crippen molar-refractivity contribution >= 4 is 0 Å². The number of hydrogen-bond donors (Lipinski definition) is 1. The Balaban J connectivity index is 1.50. The molecule has 1 N–H and O–H groups in total. The third-order valence-corrected chi connectivity index (χ3v) is 4.54. The standard InChI is InChI=1S/C17H19NO/c1-2-5-13-11-14(10-12(13)4-1)18-16-6-3-7-17-15(16)8-9-19-17/h1-2,4-5,8-9,14,16,18H,3,6-7,10-11H2. The summed E-state index contributed by atoms with van der Waals surface area (Å²) in [6.45, 7) is 0. The van der Waals surface area contributed by atoms with Crippen LogP contribution in [-0.2, 0) is 19.3 Å². The van der Waals surface area contributed by atoms with E-state index in [0.29, 0.717) is 12.1 Å². The molecule has 2 aliphatic rings. The summed E-state index contributed by atoms with van der Waals surface area (Å²) in [7, 11) is 0. The Morgan fingerprint density at radius 3 is 2.63 bits per heavy atom. The van der Waals surface area contributed by atoms with E-state index >= 15 is 0 Å². The molecule has 0 spiro atoms. The molecular weight excluding hydrogens is 234 g/mol. The Morgan fingerprint density at radius 2 is 1.84 bits per heavy atom. The van der Waals surface area contributed by atoms with Gasteiger partial charge >= 0.3 is 0 Å². The lowest BCUT2D eigenvalue weighted by Gasteiger charge is -2.26. The average molecular weight is 253 g/mol. The Bertz CT molecular complexity index is 561. The van der Waals surface area contributed by atoms with Gasteiger partial charge in [-0.15, -0.1) is 0 Å². The molecule has 1 unspecified atom stereocenters. The first-order chi connectivity index (χ1) is 9.40. The van der Waals surface area contributed by atoms with Crippen molar-refractivity contribution in [1.82, 2.24) is 5.32 Å². The molecule has 2 aromatic rings. The predicted octanol–water partition coefficient (Wildman–Crippen LogP) is 3.41. The molecule has 0 saturated heterocycles. The molecule has 0 bridgehead atoms. The highest BCUT2D eigenvalue weighted by Crippen LogP contribution is 2.32. The molecule has 0 aliphatic heterocycles. The van der Waals surface area contributed by atoms with Crippen molar-refractivity contribution in [2.24, 2.45) is 0 Å². The van der Waals surface area contributed by atoms with Crippen molar-refractivity contribution in [2.75, 3.05) is 0 Å². The topological polar surface area (TPSA) is 25.2 Å². The second-order valence-electron chi connectivity index (χ2n) is 5.78. The first kappa shape index (κ1) is 11.3. The van der Waals surface area contributed by atoms with E-state index in [1.165, 1.54) is 48.1 Å². The SMILES string of the molecule is c1ccc2c(c1)CC(NC1CCCc3occc31)C2. The van der Waals surface area contributed by atoms with Gasteiger partial charge in [-0.3, -0.25) is 0 Å². The van der Waals surface area contributed by atoms with Gasteiger partial charge in [0.05, 0.1) is 6.26 Å². The lowest BCUT2D eigenvalue weighted by molar-refractivity contribution is 0.376. The first-order valence-electron chi connectivity index (χ1n) is 7.29. The van der Waals surface area contributed by atoms with E-state index in [2.05, 4.69) is 35.6 Å². The normalized spacial score (nSPS) is 22.2. The van der Waals surface area contributed by atoms with Crippen molar-refractivity contribution in [2.45, 2.75) is 44.2 Å². The summed E-state index contributed by atoms with van der Waals surface area (Å²) in [5.74, 6) is 1.19. The Kier molecular flexibility index (Phi) is 2.70. The van der Waals surface area contributed by atoms with E-state index in [1.54, 1.807) is 0 Å². The van der Waals surface area contributed by atoms with Gasteiger partial charge in [0.25, 0.3) is 0 Å². The third kappa shape index (κ3) is 2.00. The van der Waals surface area contributed by atoms with Gasteiger partial charge < -0.3 is 9.73 Å². The van der Waals surface area contributed by atoms with E-state index in [-0.39, 0.29) is 0 Å². The zero-order valence-electron chi connectivity index (χ0n) is 11.1. The van der Waals surface area contributed by atoms with Gasteiger partial charge in [-0.05, 0) is 42.9 Å². The van der Waals surface area contributed by atoms with Gasteiger partial charge in [-0.1, -0.05) is 24.3 Å². The average Bonchev–Trinajstić information content (AvgIpc) is 3.04. The van der Waals surface area contributed by atoms with Crippen molar-refractivity contribution in [3.8, 4) is 0 Å². The smallest absolute Gasteiger partial charge is 0.108 e. The maximum atomic E-state index is 5.57. The van der Waals surface area contributed by atoms with Crippen LogP contribution in [-0.4, -0.2) is 6.04 Å². The van der Waals surface area contributed by atoms with Crippen LogP contribution in [0.4, 0.5) is 0 Å². The van der Waals surface area contributed by atoms with Gasteiger partial charge in [0, 0.05) is 24.1 Å². The summed E-state index contributed by atoms with van der Waals surface area (Å²) in [6.07, 6.45) is 7.75. The fourth-order valence-corrected chi connectivity index (χ4v) is 3.62. The number of aryl methyl sites for hydroxylation is 1. The van der Waals surface area contributed by atoms with Gasteiger partial charge in [0.1, 0.15) is 5.76 Å². The van der Waals surface area contributed by atoms with Crippen LogP contribution in [0.5, 0.6) is 0 Å². The quantitative estimate of drug-likeness (QED) is 0.887. The van der Waals surface area contributed by atoms with Crippen LogP contribution in [0.25, 0.3) is 0 Å². The van der Waals surface area contributed by atoms with Crippen LogP contribution in [0.2, 0.25) is 0 Å². The van der Waals surface area contributed by atoms with Crippen LogP contribution in [0.15, 0.2) is 41.0 Å². The molecule has 1 aromatic heterocycles. The number of benzene rings is 1. The first-order valence-corrected chi connectivity index (χ1v) is 7.29. The molecule has 19 heavy (non-hydrogen) atoms. The van der Waals surface area contributed by atoms with Crippen LogP contribution in [0, 0.1) is 0 Å². The number of nitrogens with one attached hydrogen (secondary N) is 1. The van der Waals surface area contributed by atoms with E-state index in [4.69, 9.17) is 4.42 Å². The molecule has 2 heteroatoms. The van der Waals surface area contributed by atoms with Crippen molar-refractivity contribution < 1.29 is 4.42 Å². The van der Waals surface area contributed by atoms with E-state index in [9.17, 15) is 0 Å². The molecule has 98 valence electrons. The van der Waals surface area contributed by atoms with Crippen LogP contribution >= 0.6 is 0 Å². The Hall–Kier alpha value is -1.54. The van der Waals surface area contributed by atoms with Gasteiger partial charge in [0.15, 0.2) is 0 Å². The van der Waals surface area contributed by atoms with Gasteiger partial charge in [-0.25, -0.2) is 0 Å². The van der Waals surface area contributed by atoms with Crippen molar-refractivity contribution in [1.29, 1.82) is 0 Å². The van der Waals surface area contributed by atoms with Crippen molar-refractivity contribution in [3.05, 3.63) is 59.0 Å². The molecular formula is C17H19NO. The third-order valence-electron chi connectivity index (χ3n) is 4.54. The van der Waals surface area contributed by atoms with E-state index in [1.807, 2.05) is 6.26 Å². The zero-order valence-corrected chi connectivity index (χ0v) is 11.1. The Labute approximate surface area is 113 Å². The monoisotopic (exact) mass is 253 g/mol. The minimum atomic E-state index is 0.488. The summed E-state index contributed by atoms with van der Waals surface area (Å²) >= 11 is 0. The molecule has 2 nitrogen and oxygen atoms in total. The van der Waals surface area contributed by atoms with Crippen LogP contribution in [0.1, 0.15) is 41.3 Å². The van der Waals surface area contributed by atoms with Crippen LogP contribution in [0.3, 0.4) is 0 Å². The molecule has 1 atom stereocenters. The van der Waals surface area contributed by atoms with Gasteiger partial charge in [0.2, 0.25) is 0 Å². The number of furan rings is 1. The van der Waals surface area contributed by atoms with Crippen molar-refractivity contribution in [3.63, 3.8) is 0 Å². The summed E-state index contributed by atoms with van der Waals surface area (Å²) < 4.78 is 5.57. The second-order valence-corrected chi connectivity index (χ2v) is 5.78. The minimum Gasteiger partial charge on any atom is -0.469 e. The fourth-order valence-electron chi connectivity index (χ4n) is 3.62. The lowest BCUT2D eigenvalue weighted by Crippen LogP contribution is -2.34. The molecule has 0 amide bonds. The number of hydrogen-bond acceptors (Lipinski definition) is 2.